The second-order valence-corrected chi connectivity index (χ2v) is 7.01. The predicted molar refractivity (Wildman–Crippen MR) is 110 cm³/mol. The van der Waals surface area contributed by atoms with Gasteiger partial charge in [0.15, 0.2) is 5.96 Å². The number of nitrogens with zero attached hydrogens (tertiary/aromatic N) is 4. The molecule has 1 saturated heterocycles. The number of aryl methyl sites for hydroxylation is 1. The van der Waals surface area contributed by atoms with Crippen LogP contribution in [-0.4, -0.2) is 61.0 Å². The minimum atomic E-state index is 0. The quantitative estimate of drug-likeness (QED) is 0.425. The van der Waals surface area contributed by atoms with Gasteiger partial charge in [-0.3, -0.25) is 4.99 Å². The van der Waals surface area contributed by atoms with Crippen molar-refractivity contribution < 1.29 is 0 Å². The van der Waals surface area contributed by atoms with Gasteiger partial charge in [-0.05, 0) is 32.9 Å². The number of hydrogen-bond acceptors (Lipinski definition) is 4. The Morgan fingerprint density at radius 2 is 2.04 bits per heavy atom. The van der Waals surface area contributed by atoms with Crippen LogP contribution in [0.15, 0.2) is 10.4 Å². The molecule has 2 rings (SSSR count). The molecular formula is C16H30IN5S. The Hall–Kier alpha value is -0.410. The Labute approximate surface area is 161 Å². The highest BCUT2D eigenvalue weighted by molar-refractivity contribution is 14.0. The standard InChI is InChI=1S/C16H29N5S.HI/c1-14-19-15(13-22-14)12-20(3)16(17-2)18-8-11-21-9-6-4-5-7-10-21;/h13H,4-12H2,1-3H3,(H,17,18);1H. The van der Waals surface area contributed by atoms with E-state index in [9.17, 15) is 0 Å². The number of hydrogen-bond donors (Lipinski definition) is 1. The first kappa shape index (κ1) is 20.6. The fourth-order valence-electron chi connectivity index (χ4n) is 2.87. The summed E-state index contributed by atoms with van der Waals surface area (Å²) in [5.74, 6) is 0.945. The van der Waals surface area contributed by atoms with Crippen molar-refractivity contribution in [3.8, 4) is 0 Å². The van der Waals surface area contributed by atoms with Crippen molar-refractivity contribution in [1.82, 2.24) is 20.1 Å². The molecule has 2 heterocycles. The monoisotopic (exact) mass is 451 g/mol. The molecule has 1 fully saturated rings. The molecule has 0 atom stereocenters. The van der Waals surface area contributed by atoms with Crippen LogP contribution in [-0.2, 0) is 6.54 Å². The Morgan fingerprint density at radius 3 is 2.61 bits per heavy atom. The van der Waals surface area contributed by atoms with Crippen LogP contribution in [0.4, 0.5) is 0 Å². The molecular weight excluding hydrogens is 421 g/mol. The van der Waals surface area contributed by atoms with E-state index in [0.29, 0.717) is 0 Å². The number of halogens is 1. The van der Waals surface area contributed by atoms with E-state index in [4.69, 9.17) is 0 Å². The first-order valence-corrected chi connectivity index (χ1v) is 9.12. The minimum Gasteiger partial charge on any atom is -0.355 e. The highest BCUT2D eigenvalue weighted by atomic mass is 127. The molecule has 0 radical (unpaired) electrons. The van der Waals surface area contributed by atoms with Gasteiger partial charge in [-0.2, -0.15) is 0 Å². The van der Waals surface area contributed by atoms with Crippen molar-refractivity contribution in [1.29, 1.82) is 0 Å². The summed E-state index contributed by atoms with van der Waals surface area (Å²) in [7, 11) is 3.91. The fraction of sp³-hybridized carbons (Fsp3) is 0.750. The summed E-state index contributed by atoms with van der Waals surface area (Å²) in [6.07, 6.45) is 5.47. The zero-order chi connectivity index (χ0) is 15.8. The van der Waals surface area contributed by atoms with Crippen molar-refractivity contribution >= 4 is 41.3 Å². The van der Waals surface area contributed by atoms with Gasteiger partial charge in [-0.15, -0.1) is 35.3 Å². The third kappa shape index (κ3) is 7.34. The third-order valence-electron chi connectivity index (χ3n) is 4.05. The Balaban J connectivity index is 0.00000264. The molecule has 0 bridgehead atoms. The molecule has 5 nitrogen and oxygen atoms in total. The summed E-state index contributed by atoms with van der Waals surface area (Å²) in [5.41, 5.74) is 1.11. The van der Waals surface area contributed by atoms with E-state index in [1.165, 1.54) is 38.8 Å². The van der Waals surface area contributed by atoms with Crippen molar-refractivity contribution in [3.05, 3.63) is 16.1 Å². The molecule has 0 saturated carbocycles. The molecule has 7 heteroatoms. The maximum Gasteiger partial charge on any atom is 0.193 e. The van der Waals surface area contributed by atoms with Crippen molar-refractivity contribution in [2.75, 3.05) is 40.3 Å². The summed E-state index contributed by atoms with van der Waals surface area (Å²) in [4.78, 5) is 13.6. The number of thiazole rings is 1. The topological polar surface area (TPSA) is 43.8 Å². The van der Waals surface area contributed by atoms with Crippen molar-refractivity contribution in [2.24, 2.45) is 4.99 Å². The van der Waals surface area contributed by atoms with Gasteiger partial charge in [-0.1, -0.05) is 12.8 Å². The molecule has 1 N–H and O–H groups in total. The highest BCUT2D eigenvalue weighted by Crippen LogP contribution is 2.10. The van der Waals surface area contributed by atoms with E-state index in [1.807, 2.05) is 14.0 Å². The Bertz CT molecular complexity index is 469. The van der Waals surface area contributed by atoms with Gasteiger partial charge < -0.3 is 15.1 Å². The zero-order valence-corrected chi connectivity index (χ0v) is 17.7. The van der Waals surface area contributed by atoms with E-state index in [0.717, 1.165) is 36.3 Å². The lowest BCUT2D eigenvalue weighted by Gasteiger charge is -2.24. The summed E-state index contributed by atoms with van der Waals surface area (Å²) in [6, 6.07) is 0. The maximum atomic E-state index is 4.52. The normalized spacial score (nSPS) is 16.6. The van der Waals surface area contributed by atoms with Crippen LogP contribution in [0.1, 0.15) is 36.4 Å². The van der Waals surface area contributed by atoms with Crippen LogP contribution in [0.3, 0.4) is 0 Å². The van der Waals surface area contributed by atoms with Crippen LogP contribution < -0.4 is 5.32 Å². The van der Waals surface area contributed by atoms with Gasteiger partial charge in [-0.25, -0.2) is 4.98 Å². The number of nitrogens with one attached hydrogen (secondary N) is 1. The number of likely N-dealkylation sites (tertiary alicyclic amines) is 1. The smallest absolute Gasteiger partial charge is 0.193 e. The van der Waals surface area contributed by atoms with Crippen LogP contribution in [0.5, 0.6) is 0 Å². The second kappa shape index (κ2) is 11.2. The molecule has 0 spiro atoms. The lowest BCUT2D eigenvalue weighted by atomic mass is 10.2. The molecule has 0 aliphatic carbocycles. The van der Waals surface area contributed by atoms with Crippen LogP contribution in [0.2, 0.25) is 0 Å². The Kier molecular flexibility index (Phi) is 10.0. The Morgan fingerprint density at radius 1 is 1.35 bits per heavy atom. The molecule has 1 aliphatic heterocycles. The van der Waals surface area contributed by atoms with E-state index < -0.39 is 0 Å². The largest absolute Gasteiger partial charge is 0.355 e. The maximum absolute atomic E-state index is 4.52. The van der Waals surface area contributed by atoms with Gasteiger partial charge in [0.2, 0.25) is 0 Å². The number of aliphatic imine (C=N–C) groups is 1. The minimum absolute atomic E-state index is 0. The summed E-state index contributed by atoms with van der Waals surface area (Å²) < 4.78 is 0. The average Bonchev–Trinajstić information content (AvgIpc) is 2.76. The SMILES string of the molecule is CN=C(NCCN1CCCCCC1)N(C)Cc1csc(C)n1.I. The third-order valence-corrected chi connectivity index (χ3v) is 4.87. The summed E-state index contributed by atoms with van der Waals surface area (Å²) in [6.45, 7) is 7.38. The molecule has 0 unspecified atom stereocenters. The molecule has 1 aromatic rings. The number of rotatable bonds is 5. The van der Waals surface area contributed by atoms with Gasteiger partial charge in [0.25, 0.3) is 0 Å². The van der Waals surface area contributed by atoms with Gasteiger partial charge in [0.05, 0.1) is 17.2 Å². The lowest BCUT2D eigenvalue weighted by molar-refractivity contribution is 0.288. The number of guanidine groups is 1. The summed E-state index contributed by atoms with van der Waals surface area (Å²) >= 11 is 1.70. The molecule has 1 aliphatic rings. The first-order valence-electron chi connectivity index (χ1n) is 8.24. The number of aromatic nitrogens is 1. The zero-order valence-electron chi connectivity index (χ0n) is 14.5. The van der Waals surface area contributed by atoms with Crippen LogP contribution >= 0.6 is 35.3 Å². The molecule has 23 heavy (non-hydrogen) atoms. The van der Waals surface area contributed by atoms with Crippen LogP contribution in [0, 0.1) is 6.92 Å². The first-order chi connectivity index (χ1) is 10.7. The van der Waals surface area contributed by atoms with Crippen LogP contribution in [0.25, 0.3) is 0 Å². The van der Waals surface area contributed by atoms with E-state index in [2.05, 4.69) is 37.5 Å². The predicted octanol–water partition coefficient (Wildman–Crippen LogP) is 2.95. The van der Waals surface area contributed by atoms with E-state index >= 15 is 0 Å². The molecule has 0 aromatic carbocycles. The fourth-order valence-corrected chi connectivity index (χ4v) is 3.47. The molecule has 132 valence electrons. The van der Waals surface area contributed by atoms with E-state index in [1.54, 1.807) is 11.3 Å². The average molecular weight is 451 g/mol. The lowest BCUT2D eigenvalue weighted by Crippen LogP contribution is -2.42. The van der Waals surface area contributed by atoms with Gasteiger partial charge in [0.1, 0.15) is 0 Å². The second-order valence-electron chi connectivity index (χ2n) is 5.94. The summed E-state index contributed by atoms with van der Waals surface area (Å²) in [5, 5.41) is 6.71. The van der Waals surface area contributed by atoms with Gasteiger partial charge in [0, 0.05) is 32.6 Å². The molecule has 1 aromatic heterocycles. The van der Waals surface area contributed by atoms with Crippen molar-refractivity contribution in [3.63, 3.8) is 0 Å². The molecule has 0 amide bonds. The van der Waals surface area contributed by atoms with E-state index in [-0.39, 0.29) is 24.0 Å². The van der Waals surface area contributed by atoms with Crippen molar-refractivity contribution in [2.45, 2.75) is 39.2 Å². The highest BCUT2D eigenvalue weighted by Gasteiger charge is 2.11. The van der Waals surface area contributed by atoms with Gasteiger partial charge >= 0.3 is 0 Å².